The van der Waals surface area contributed by atoms with Crippen molar-refractivity contribution in [1.29, 1.82) is 0 Å². The average molecular weight is 268 g/mol. The molecule has 2 rings (SSSR count). The molecule has 0 saturated carbocycles. The summed E-state index contributed by atoms with van der Waals surface area (Å²) in [5.41, 5.74) is 1.77. The molecular formula is C13H14ClNOS. The highest BCUT2D eigenvalue weighted by Crippen LogP contribution is 2.28. The smallest absolute Gasteiger partial charge is 0.0716 e. The number of anilines is 1. The van der Waals surface area contributed by atoms with E-state index < -0.39 is 0 Å². The van der Waals surface area contributed by atoms with Crippen LogP contribution in [-0.2, 0) is 13.2 Å². The molecule has 2 aromatic rings. The summed E-state index contributed by atoms with van der Waals surface area (Å²) in [4.78, 5) is 3.39. The third kappa shape index (κ3) is 2.80. The Hall–Kier alpha value is -1.03. The Morgan fingerprint density at radius 3 is 2.76 bits per heavy atom. The summed E-state index contributed by atoms with van der Waals surface area (Å²) in [5.74, 6) is 0. The molecule has 1 aromatic heterocycles. The van der Waals surface area contributed by atoms with Gasteiger partial charge in [-0.2, -0.15) is 0 Å². The van der Waals surface area contributed by atoms with Gasteiger partial charge in [0.05, 0.1) is 13.2 Å². The van der Waals surface area contributed by atoms with Crippen molar-refractivity contribution >= 4 is 28.6 Å². The Balaban J connectivity index is 2.24. The van der Waals surface area contributed by atoms with Crippen LogP contribution in [0.5, 0.6) is 0 Å². The number of aliphatic hydroxyl groups excluding tert-OH is 1. The first-order valence-electron chi connectivity index (χ1n) is 5.34. The minimum atomic E-state index is -0.0379. The van der Waals surface area contributed by atoms with Gasteiger partial charge >= 0.3 is 0 Å². The molecule has 0 bridgehead atoms. The summed E-state index contributed by atoms with van der Waals surface area (Å²) in [6, 6.07) is 9.82. The van der Waals surface area contributed by atoms with Crippen molar-refractivity contribution in [2.75, 3.05) is 11.9 Å². The van der Waals surface area contributed by atoms with E-state index in [0.717, 1.165) is 17.8 Å². The lowest BCUT2D eigenvalue weighted by atomic mass is 10.1. The minimum absolute atomic E-state index is 0.0379. The third-order valence-electron chi connectivity index (χ3n) is 2.64. The first-order chi connectivity index (χ1) is 8.22. The van der Waals surface area contributed by atoms with E-state index in [4.69, 9.17) is 11.6 Å². The van der Waals surface area contributed by atoms with Gasteiger partial charge in [0.25, 0.3) is 0 Å². The van der Waals surface area contributed by atoms with Crippen molar-refractivity contribution in [3.8, 4) is 0 Å². The number of rotatable bonds is 4. The lowest BCUT2D eigenvalue weighted by Gasteiger charge is -2.21. The third-order valence-corrected chi connectivity index (χ3v) is 3.85. The average Bonchev–Trinajstić information content (AvgIpc) is 2.81. The quantitative estimate of drug-likeness (QED) is 0.916. The maximum absolute atomic E-state index is 9.37. The first kappa shape index (κ1) is 12.4. The molecule has 0 aliphatic rings. The van der Waals surface area contributed by atoms with Crippen LogP contribution in [0, 0.1) is 0 Å². The molecule has 0 radical (unpaired) electrons. The molecule has 4 heteroatoms. The van der Waals surface area contributed by atoms with Crippen LogP contribution in [0.4, 0.5) is 5.69 Å². The predicted molar refractivity (Wildman–Crippen MR) is 73.8 cm³/mol. The fraction of sp³-hybridized carbons (Fsp3) is 0.231. The highest BCUT2D eigenvalue weighted by Gasteiger charge is 2.10. The van der Waals surface area contributed by atoms with Crippen LogP contribution in [-0.4, -0.2) is 12.2 Å². The Kier molecular flexibility index (Phi) is 4.05. The molecule has 0 aliphatic carbocycles. The van der Waals surface area contributed by atoms with E-state index in [-0.39, 0.29) is 6.61 Å². The molecule has 0 amide bonds. The summed E-state index contributed by atoms with van der Waals surface area (Å²) in [6.07, 6.45) is 0. The van der Waals surface area contributed by atoms with E-state index in [2.05, 4.69) is 16.3 Å². The molecule has 1 aromatic carbocycles. The van der Waals surface area contributed by atoms with Gasteiger partial charge in [0, 0.05) is 28.2 Å². The van der Waals surface area contributed by atoms with Gasteiger partial charge < -0.3 is 10.0 Å². The van der Waals surface area contributed by atoms with Gasteiger partial charge in [0.1, 0.15) is 0 Å². The monoisotopic (exact) mass is 267 g/mol. The second-order valence-electron chi connectivity index (χ2n) is 3.83. The molecule has 17 heavy (non-hydrogen) atoms. The number of thiophene rings is 1. The van der Waals surface area contributed by atoms with Gasteiger partial charge in [-0.1, -0.05) is 23.7 Å². The SMILES string of the molecule is CN(Cc1cccs1)c1cccc(Cl)c1CO. The maximum Gasteiger partial charge on any atom is 0.0716 e. The van der Waals surface area contributed by atoms with E-state index in [9.17, 15) is 5.11 Å². The minimum Gasteiger partial charge on any atom is -0.392 e. The van der Waals surface area contributed by atoms with Gasteiger partial charge in [0.15, 0.2) is 0 Å². The number of aliphatic hydroxyl groups is 1. The fourth-order valence-electron chi connectivity index (χ4n) is 1.78. The Labute approximate surface area is 110 Å². The first-order valence-corrected chi connectivity index (χ1v) is 6.60. The summed E-state index contributed by atoms with van der Waals surface area (Å²) in [5, 5.41) is 12.0. The van der Waals surface area contributed by atoms with Crippen molar-refractivity contribution in [3.05, 3.63) is 51.2 Å². The van der Waals surface area contributed by atoms with Crippen LogP contribution in [0.25, 0.3) is 0 Å². The van der Waals surface area contributed by atoms with Gasteiger partial charge in [-0.25, -0.2) is 0 Å². The zero-order valence-corrected chi connectivity index (χ0v) is 11.1. The van der Waals surface area contributed by atoms with Crippen molar-refractivity contribution in [2.24, 2.45) is 0 Å². The van der Waals surface area contributed by atoms with E-state index in [1.807, 2.05) is 25.2 Å². The lowest BCUT2D eigenvalue weighted by molar-refractivity contribution is 0.282. The molecule has 90 valence electrons. The summed E-state index contributed by atoms with van der Waals surface area (Å²) in [7, 11) is 2.00. The fourth-order valence-corrected chi connectivity index (χ4v) is 2.77. The van der Waals surface area contributed by atoms with E-state index >= 15 is 0 Å². The molecule has 2 nitrogen and oxygen atoms in total. The van der Waals surface area contributed by atoms with Crippen molar-refractivity contribution < 1.29 is 5.11 Å². The van der Waals surface area contributed by atoms with Crippen LogP contribution < -0.4 is 4.90 Å². The van der Waals surface area contributed by atoms with Gasteiger partial charge in [-0.15, -0.1) is 11.3 Å². The number of nitrogens with zero attached hydrogens (tertiary/aromatic N) is 1. The Morgan fingerprint density at radius 1 is 1.29 bits per heavy atom. The van der Waals surface area contributed by atoms with Crippen LogP contribution >= 0.6 is 22.9 Å². The van der Waals surface area contributed by atoms with Gasteiger partial charge in [-0.3, -0.25) is 0 Å². The van der Waals surface area contributed by atoms with Crippen LogP contribution in [0.2, 0.25) is 5.02 Å². The maximum atomic E-state index is 9.37. The highest BCUT2D eigenvalue weighted by molar-refractivity contribution is 7.09. The summed E-state index contributed by atoms with van der Waals surface area (Å²) < 4.78 is 0. The molecule has 1 heterocycles. The topological polar surface area (TPSA) is 23.5 Å². The molecule has 0 spiro atoms. The normalized spacial score (nSPS) is 10.5. The number of halogens is 1. The van der Waals surface area contributed by atoms with E-state index in [1.54, 1.807) is 17.4 Å². The van der Waals surface area contributed by atoms with Crippen molar-refractivity contribution in [1.82, 2.24) is 0 Å². The van der Waals surface area contributed by atoms with Crippen molar-refractivity contribution in [3.63, 3.8) is 0 Å². The lowest BCUT2D eigenvalue weighted by Crippen LogP contribution is -2.17. The molecule has 0 unspecified atom stereocenters. The largest absolute Gasteiger partial charge is 0.392 e. The van der Waals surface area contributed by atoms with Gasteiger partial charge in [0.2, 0.25) is 0 Å². The highest BCUT2D eigenvalue weighted by atomic mass is 35.5. The van der Waals surface area contributed by atoms with E-state index in [1.165, 1.54) is 4.88 Å². The molecule has 0 atom stereocenters. The van der Waals surface area contributed by atoms with E-state index in [0.29, 0.717) is 5.02 Å². The number of hydrogen-bond acceptors (Lipinski definition) is 3. The summed E-state index contributed by atoms with van der Waals surface area (Å²) >= 11 is 7.80. The second-order valence-corrected chi connectivity index (χ2v) is 5.27. The molecular weight excluding hydrogens is 254 g/mol. The zero-order valence-electron chi connectivity index (χ0n) is 9.56. The molecule has 0 saturated heterocycles. The second kappa shape index (κ2) is 5.54. The van der Waals surface area contributed by atoms with Crippen LogP contribution in [0.1, 0.15) is 10.4 Å². The Morgan fingerprint density at radius 2 is 2.12 bits per heavy atom. The molecule has 0 fully saturated rings. The predicted octanol–water partition coefficient (Wildman–Crippen LogP) is 3.53. The zero-order chi connectivity index (χ0) is 12.3. The summed E-state index contributed by atoms with van der Waals surface area (Å²) in [6.45, 7) is 0.787. The molecule has 1 N–H and O–H groups in total. The van der Waals surface area contributed by atoms with Crippen LogP contribution in [0.3, 0.4) is 0 Å². The Bertz CT molecular complexity index is 484. The van der Waals surface area contributed by atoms with Crippen LogP contribution in [0.15, 0.2) is 35.7 Å². The molecule has 0 aliphatic heterocycles. The number of hydrogen-bond donors (Lipinski definition) is 1. The standard InChI is InChI=1S/C13H14ClNOS/c1-15(8-10-4-3-7-17-10)13-6-2-5-12(14)11(13)9-16/h2-7,16H,8-9H2,1H3. The van der Waals surface area contributed by atoms with Crippen molar-refractivity contribution in [2.45, 2.75) is 13.2 Å². The number of benzene rings is 1. The van der Waals surface area contributed by atoms with Gasteiger partial charge in [-0.05, 0) is 23.6 Å².